The lowest BCUT2D eigenvalue weighted by atomic mass is 9.98. The minimum absolute atomic E-state index is 0.0125. The highest BCUT2D eigenvalue weighted by molar-refractivity contribution is 8.18. The van der Waals surface area contributed by atoms with Crippen LogP contribution >= 0.6 is 11.8 Å². The van der Waals surface area contributed by atoms with E-state index in [1.54, 1.807) is 24.3 Å². The molecule has 1 unspecified atom stereocenters. The predicted octanol–water partition coefficient (Wildman–Crippen LogP) is 3.35. The molecule has 0 radical (unpaired) electrons. The van der Waals surface area contributed by atoms with Crippen LogP contribution in [0.25, 0.3) is 6.08 Å². The molecular formula is C26H30N4O6S. The lowest BCUT2D eigenvalue weighted by Gasteiger charge is -2.20. The Bertz CT molecular complexity index is 1220. The van der Waals surface area contributed by atoms with Gasteiger partial charge in [-0.2, -0.15) is 0 Å². The molecule has 1 heterocycles. The van der Waals surface area contributed by atoms with E-state index in [0.29, 0.717) is 23.7 Å². The average molecular weight is 527 g/mol. The van der Waals surface area contributed by atoms with Crippen molar-refractivity contribution in [3.63, 3.8) is 0 Å². The SMILES string of the molecule is CCOc1ccc(/C=C2\SC(=O)N(CCNC(=O)CC(NC(N)=O)c3ccccc3C)C2=O)cc1OC. The quantitative estimate of drug-likeness (QED) is 0.382. The summed E-state index contributed by atoms with van der Waals surface area (Å²) in [6.45, 7) is 4.31. The smallest absolute Gasteiger partial charge is 0.312 e. The highest BCUT2D eigenvalue weighted by Crippen LogP contribution is 2.34. The molecule has 1 aliphatic heterocycles. The van der Waals surface area contributed by atoms with Crippen molar-refractivity contribution < 1.29 is 28.7 Å². The van der Waals surface area contributed by atoms with Crippen LogP contribution in [0.1, 0.15) is 36.1 Å². The fourth-order valence-corrected chi connectivity index (χ4v) is 4.71. The van der Waals surface area contributed by atoms with Crippen LogP contribution in [0.3, 0.4) is 0 Å². The molecular weight excluding hydrogens is 496 g/mol. The molecule has 4 N–H and O–H groups in total. The van der Waals surface area contributed by atoms with Crippen molar-refractivity contribution in [3.8, 4) is 11.5 Å². The number of carbonyl (C=O) groups is 4. The number of carbonyl (C=O) groups excluding carboxylic acids is 4. The van der Waals surface area contributed by atoms with Gasteiger partial charge in [0.25, 0.3) is 11.1 Å². The zero-order valence-electron chi connectivity index (χ0n) is 20.9. The number of methoxy groups -OCH3 is 1. The van der Waals surface area contributed by atoms with Crippen molar-refractivity contribution in [3.05, 3.63) is 64.1 Å². The van der Waals surface area contributed by atoms with Crippen LogP contribution in [-0.2, 0) is 9.59 Å². The van der Waals surface area contributed by atoms with Crippen molar-refractivity contribution >= 4 is 40.9 Å². The number of hydrogen-bond acceptors (Lipinski definition) is 7. The highest BCUT2D eigenvalue weighted by Gasteiger charge is 2.34. The van der Waals surface area contributed by atoms with E-state index in [-0.39, 0.29) is 30.3 Å². The molecule has 3 rings (SSSR count). The van der Waals surface area contributed by atoms with Crippen LogP contribution in [0.15, 0.2) is 47.4 Å². The number of nitrogens with one attached hydrogen (secondary N) is 2. The maximum atomic E-state index is 12.8. The number of benzene rings is 2. The van der Waals surface area contributed by atoms with E-state index in [1.165, 1.54) is 7.11 Å². The maximum absolute atomic E-state index is 12.8. The molecule has 2 aromatic carbocycles. The topological polar surface area (TPSA) is 140 Å². The lowest BCUT2D eigenvalue weighted by Crippen LogP contribution is -2.40. The molecule has 2 aromatic rings. The fraction of sp³-hybridized carbons (Fsp3) is 0.308. The van der Waals surface area contributed by atoms with E-state index in [1.807, 2.05) is 38.1 Å². The van der Waals surface area contributed by atoms with Gasteiger partial charge in [0.05, 0.1) is 31.1 Å². The van der Waals surface area contributed by atoms with Gasteiger partial charge in [-0.3, -0.25) is 19.3 Å². The van der Waals surface area contributed by atoms with Crippen LogP contribution in [0.4, 0.5) is 9.59 Å². The first-order valence-electron chi connectivity index (χ1n) is 11.7. The largest absolute Gasteiger partial charge is 0.493 e. The van der Waals surface area contributed by atoms with Gasteiger partial charge in [0.15, 0.2) is 11.5 Å². The van der Waals surface area contributed by atoms with Crippen LogP contribution in [-0.4, -0.2) is 54.8 Å². The third-order valence-electron chi connectivity index (χ3n) is 5.59. The molecule has 0 saturated carbocycles. The summed E-state index contributed by atoms with van der Waals surface area (Å²) < 4.78 is 10.8. The first kappa shape index (κ1) is 27.6. The van der Waals surface area contributed by atoms with Gasteiger partial charge in [-0.1, -0.05) is 30.3 Å². The van der Waals surface area contributed by atoms with Gasteiger partial charge in [0.1, 0.15) is 0 Å². The van der Waals surface area contributed by atoms with Gasteiger partial charge >= 0.3 is 6.03 Å². The number of nitrogens with two attached hydrogens (primary N) is 1. The second-order valence-corrected chi connectivity index (χ2v) is 9.14. The minimum atomic E-state index is -0.740. The number of hydrogen-bond donors (Lipinski definition) is 3. The number of urea groups is 1. The number of thioether (sulfide) groups is 1. The Labute approximate surface area is 219 Å². The van der Waals surface area contributed by atoms with E-state index >= 15 is 0 Å². The molecule has 0 bridgehead atoms. The number of imide groups is 1. The zero-order chi connectivity index (χ0) is 26.9. The van der Waals surface area contributed by atoms with Gasteiger partial charge in [0, 0.05) is 13.1 Å². The zero-order valence-corrected chi connectivity index (χ0v) is 21.7. The van der Waals surface area contributed by atoms with Crippen LogP contribution in [0.5, 0.6) is 11.5 Å². The maximum Gasteiger partial charge on any atom is 0.312 e. The standard InChI is InChI=1S/C26H30N4O6S/c1-4-36-20-10-9-17(13-21(20)35-3)14-22-24(32)30(26(34)37-22)12-11-28-23(31)15-19(29-25(27)33)18-8-6-5-7-16(18)2/h5-10,13-14,19H,4,11-12,15H2,1-3H3,(H,28,31)(H3,27,29,33)/b22-14-. The lowest BCUT2D eigenvalue weighted by molar-refractivity contribution is -0.124. The Balaban J connectivity index is 1.59. The van der Waals surface area contributed by atoms with E-state index in [9.17, 15) is 19.2 Å². The molecule has 5 amide bonds. The summed E-state index contributed by atoms with van der Waals surface area (Å²) in [4.78, 5) is 50.7. The van der Waals surface area contributed by atoms with Gasteiger partial charge in [-0.05, 0) is 60.5 Å². The second-order valence-electron chi connectivity index (χ2n) is 8.15. The van der Waals surface area contributed by atoms with Crippen molar-refractivity contribution in [1.29, 1.82) is 0 Å². The molecule has 1 saturated heterocycles. The Morgan fingerprint density at radius 1 is 1.16 bits per heavy atom. The number of nitrogens with zero attached hydrogens (tertiary/aromatic N) is 1. The second kappa shape index (κ2) is 12.8. The number of primary amides is 1. The summed E-state index contributed by atoms with van der Waals surface area (Å²) in [6.07, 6.45) is 1.57. The first-order chi connectivity index (χ1) is 17.7. The Kier molecular flexibility index (Phi) is 9.56. The van der Waals surface area contributed by atoms with Crippen molar-refractivity contribution in [2.24, 2.45) is 5.73 Å². The molecule has 0 aliphatic carbocycles. The monoisotopic (exact) mass is 526 g/mol. The number of ether oxygens (including phenoxy) is 2. The van der Waals surface area contributed by atoms with E-state index in [2.05, 4.69) is 10.6 Å². The van der Waals surface area contributed by atoms with Crippen molar-refractivity contribution in [2.45, 2.75) is 26.3 Å². The van der Waals surface area contributed by atoms with E-state index in [4.69, 9.17) is 15.2 Å². The number of amides is 5. The third-order valence-corrected chi connectivity index (χ3v) is 6.49. The Morgan fingerprint density at radius 2 is 1.92 bits per heavy atom. The molecule has 1 aliphatic rings. The summed E-state index contributed by atoms with van der Waals surface area (Å²) in [5.41, 5.74) is 7.66. The summed E-state index contributed by atoms with van der Waals surface area (Å²) in [5, 5.41) is 4.88. The van der Waals surface area contributed by atoms with Gasteiger partial charge in [-0.15, -0.1) is 0 Å². The van der Waals surface area contributed by atoms with Crippen molar-refractivity contribution in [2.75, 3.05) is 26.8 Å². The molecule has 11 heteroatoms. The molecule has 37 heavy (non-hydrogen) atoms. The van der Waals surface area contributed by atoms with Crippen molar-refractivity contribution in [1.82, 2.24) is 15.5 Å². The Morgan fingerprint density at radius 3 is 2.59 bits per heavy atom. The normalized spacial score (nSPS) is 15.0. The summed E-state index contributed by atoms with van der Waals surface area (Å²) in [6, 6.07) is 11.3. The Hall–Kier alpha value is -3.99. The summed E-state index contributed by atoms with van der Waals surface area (Å²) in [5.74, 6) is 0.310. The summed E-state index contributed by atoms with van der Waals surface area (Å²) in [7, 11) is 1.52. The molecule has 10 nitrogen and oxygen atoms in total. The van der Waals surface area contributed by atoms with Crippen LogP contribution in [0.2, 0.25) is 0 Å². The minimum Gasteiger partial charge on any atom is -0.493 e. The average Bonchev–Trinajstić information content (AvgIpc) is 3.12. The fourth-order valence-electron chi connectivity index (χ4n) is 3.85. The number of aryl methyl sites for hydroxylation is 1. The molecule has 1 fully saturated rings. The van der Waals surface area contributed by atoms with Crippen LogP contribution < -0.4 is 25.8 Å². The molecule has 1 atom stereocenters. The van der Waals surface area contributed by atoms with Gasteiger partial charge in [-0.25, -0.2) is 4.79 Å². The molecule has 196 valence electrons. The number of rotatable bonds is 11. The van der Waals surface area contributed by atoms with Crippen LogP contribution in [0, 0.1) is 6.92 Å². The van der Waals surface area contributed by atoms with Gasteiger partial charge in [0.2, 0.25) is 5.91 Å². The van der Waals surface area contributed by atoms with Gasteiger partial charge < -0.3 is 25.8 Å². The predicted molar refractivity (Wildman–Crippen MR) is 141 cm³/mol. The van der Waals surface area contributed by atoms with E-state index in [0.717, 1.165) is 27.8 Å². The third kappa shape index (κ3) is 7.26. The highest BCUT2D eigenvalue weighted by atomic mass is 32.2. The summed E-state index contributed by atoms with van der Waals surface area (Å²) >= 11 is 0.832. The molecule has 0 spiro atoms. The first-order valence-corrected chi connectivity index (χ1v) is 12.5. The molecule has 0 aromatic heterocycles. The van der Waals surface area contributed by atoms with E-state index < -0.39 is 23.2 Å².